The van der Waals surface area contributed by atoms with E-state index < -0.39 is 0 Å². The van der Waals surface area contributed by atoms with Crippen LogP contribution < -0.4 is 10.9 Å². The summed E-state index contributed by atoms with van der Waals surface area (Å²) in [6.07, 6.45) is 4.09. The summed E-state index contributed by atoms with van der Waals surface area (Å²) in [5.74, 6) is 1.16. The molecule has 0 spiro atoms. The lowest BCUT2D eigenvalue weighted by molar-refractivity contribution is -0.0155. The van der Waals surface area contributed by atoms with Gasteiger partial charge >= 0.3 is 0 Å². The van der Waals surface area contributed by atoms with Crippen LogP contribution in [0.2, 0.25) is 0 Å². The third kappa shape index (κ3) is 4.49. The van der Waals surface area contributed by atoms with E-state index in [0.29, 0.717) is 60.3 Å². The van der Waals surface area contributed by atoms with Crippen molar-refractivity contribution >= 4 is 28.3 Å². The number of hydrogen-bond donors (Lipinski definition) is 2. The molecule has 1 aliphatic heterocycles. The zero-order valence-corrected chi connectivity index (χ0v) is 21.0. The largest absolute Gasteiger partial charge is 0.377 e. The highest BCUT2D eigenvalue weighted by molar-refractivity contribution is 5.97. The van der Waals surface area contributed by atoms with Crippen molar-refractivity contribution in [2.45, 2.75) is 52.1 Å². The van der Waals surface area contributed by atoms with Crippen LogP contribution in [0, 0.1) is 30.1 Å². The Balaban J connectivity index is 1.45. The molecule has 5 rings (SSSR count). The van der Waals surface area contributed by atoms with Gasteiger partial charge in [0.25, 0.3) is 11.5 Å². The quantitative estimate of drug-likeness (QED) is 0.516. The van der Waals surface area contributed by atoms with E-state index in [1.54, 1.807) is 6.20 Å². The normalized spacial score (nSPS) is 18.9. The minimum absolute atomic E-state index is 0.0102. The molecule has 2 N–H and O–H groups in total. The van der Waals surface area contributed by atoms with E-state index in [1.165, 1.54) is 0 Å². The Morgan fingerprint density at radius 2 is 2.14 bits per heavy atom. The molecule has 0 radical (unpaired) electrons. The SMILES string of the molecule is Cc1cc(Nc2nn(C(CC#N)C3CC3)c3cc[nH]c(=O)c23)ccc1C(=O)N1CCOC[C@@H]1C(C)C. The minimum atomic E-state index is -0.233. The predicted octanol–water partition coefficient (Wildman–Crippen LogP) is 4.14. The van der Waals surface area contributed by atoms with E-state index in [0.717, 1.165) is 24.1 Å². The maximum atomic E-state index is 13.4. The number of ether oxygens (including phenoxy) is 1. The number of aromatic amines is 1. The van der Waals surface area contributed by atoms with Gasteiger partial charge in [-0.25, -0.2) is 0 Å². The third-order valence-corrected chi connectivity index (χ3v) is 7.33. The van der Waals surface area contributed by atoms with Gasteiger partial charge in [0.2, 0.25) is 0 Å². The minimum Gasteiger partial charge on any atom is -0.377 e. The second kappa shape index (κ2) is 9.78. The molecule has 2 aromatic heterocycles. The maximum absolute atomic E-state index is 13.4. The van der Waals surface area contributed by atoms with Crippen molar-refractivity contribution in [2.75, 3.05) is 25.1 Å². The number of nitrogens with one attached hydrogen (secondary N) is 2. The molecular weight excluding hydrogens is 456 g/mol. The Morgan fingerprint density at radius 1 is 1.33 bits per heavy atom. The first-order valence-corrected chi connectivity index (χ1v) is 12.6. The third-order valence-electron chi connectivity index (χ3n) is 7.33. The molecule has 1 saturated heterocycles. The molecule has 3 aromatic rings. The maximum Gasteiger partial charge on any atom is 0.261 e. The van der Waals surface area contributed by atoms with Crippen LogP contribution in [0.15, 0.2) is 35.3 Å². The molecule has 1 amide bonds. The van der Waals surface area contributed by atoms with E-state index in [1.807, 2.05) is 40.8 Å². The van der Waals surface area contributed by atoms with Gasteiger partial charge in [0, 0.05) is 24.0 Å². The molecular formula is C27H32N6O3. The average molecular weight is 489 g/mol. The van der Waals surface area contributed by atoms with Crippen LogP contribution in [0.4, 0.5) is 11.5 Å². The molecule has 3 heterocycles. The second-order valence-corrected chi connectivity index (χ2v) is 10.2. The number of morpholine rings is 1. The van der Waals surface area contributed by atoms with Crippen LogP contribution in [-0.2, 0) is 4.74 Å². The number of anilines is 2. The molecule has 2 fully saturated rings. The lowest BCUT2D eigenvalue weighted by Gasteiger charge is -2.38. The molecule has 1 aromatic carbocycles. The zero-order valence-electron chi connectivity index (χ0n) is 21.0. The summed E-state index contributed by atoms with van der Waals surface area (Å²) in [5, 5.41) is 17.9. The molecule has 9 nitrogen and oxygen atoms in total. The molecule has 0 bridgehead atoms. The van der Waals surface area contributed by atoms with Crippen LogP contribution in [0.3, 0.4) is 0 Å². The molecule has 36 heavy (non-hydrogen) atoms. The fourth-order valence-corrected chi connectivity index (χ4v) is 5.17. The van der Waals surface area contributed by atoms with Crippen molar-refractivity contribution in [1.82, 2.24) is 19.7 Å². The van der Waals surface area contributed by atoms with E-state index in [-0.39, 0.29) is 23.6 Å². The molecule has 1 saturated carbocycles. The summed E-state index contributed by atoms with van der Waals surface area (Å²) in [6, 6.07) is 9.70. The molecule has 188 valence electrons. The molecule has 1 aliphatic carbocycles. The Labute approximate surface area is 210 Å². The van der Waals surface area contributed by atoms with Gasteiger partial charge < -0.3 is 19.9 Å². The van der Waals surface area contributed by atoms with Gasteiger partial charge in [-0.2, -0.15) is 10.4 Å². The number of rotatable bonds is 7. The van der Waals surface area contributed by atoms with E-state index in [2.05, 4.69) is 30.2 Å². The van der Waals surface area contributed by atoms with Crippen LogP contribution in [0.5, 0.6) is 0 Å². The Kier molecular flexibility index (Phi) is 6.54. The molecule has 9 heteroatoms. The van der Waals surface area contributed by atoms with Gasteiger partial charge in [-0.1, -0.05) is 13.8 Å². The highest BCUT2D eigenvalue weighted by atomic mass is 16.5. The predicted molar refractivity (Wildman–Crippen MR) is 137 cm³/mol. The van der Waals surface area contributed by atoms with Crippen LogP contribution >= 0.6 is 0 Å². The van der Waals surface area contributed by atoms with E-state index >= 15 is 0 Å². The smallest absolute Gasteiger partial charge is 0.261 e. The first-order valence-electron chi connectivity index (χ1n) is 12.6. The van der Waals surface area contributed by atoms with Crippen molar-refractivity contribution < 1.29 is 9.53 Å². The van der Waals surface area contributed by atoms with Crippen molar-refractivity contribution in [1.29, 1.82) is 5.26 Å². The van der Waals surface area contributed by atoms with Gasteiger partial charge in [-0.3, -0.25) is 14.3 Å². The number of nitrogens with zero attached hydrogens (tertiary/aromatic N) is 4. The number of pyridine rings is 1. The molecule has 1 unspecified atom stereocenters. The topological polar surface area (TPSA) is 116 Å². The number of carbonyl (C=O) groups excluding carboxylic acids is 1. The fraction of sp³-hybridized carbons (Fsp3) is 0.481. The summed E-state index contributed by atoms with van der Waals surface area (Å²) < 4.78 is 7.45. The summed E-state index contributed by atoms with van der Waals surface area (Å²) in [7, 11) is 0. The van der Waals surface area contributed by atoms with Gasteiger partial charge in [0.15, 0.2) is 5.82 Å². The molecule has 2 aliphatic rings. The zero-order chi connectivity index (χ0) is 25.4. The highest BCUT2D eigenvalue weighted by Gasteiger charge is 2.35. The number of nitriles is 1. The Morgan fingerprint density at radius 3 is 2.83 bits per heavy atom. The van der Waals surface area contributed by atoms with E-state index in [9.17, 15) is 14.9 Å². The van der Waals surface area contributed by atoms with Gasteiger partial charge in [0.1, 0.15) is 5.39 Å². The fourth-order valence-electron chi connectivity index (χ4n) is 5.17. The van der Waals surface area contributed by atoms with Gasteiger partial charge in [-0.05, 0) is 61.4 Å². The Hall–Kier alpha value is -3.64. The lowest BCUT2D eigenvalue weighted by atomic mass is 9.99. The summed E-state index contributed by atoms with van der Waals surface area (Å²) in [6.45, 7) is 7.82. The first kappa shape index (κ1) is 24.1. The van der Waals surface area contributed by atoms with Gasteiger partial charge in [0.05, 0.1) is 43.3 Å². The highest BCUT2D eigenvalue weighted by Crippen LogP contribution is 2.43. The standard InChI is InChI=1S/C27H32N6O3/c1-16(2)23-15-36-13-12-32(23)27(35)20-7-6-19(14-17(20)3)30-25-24-22(9-11-29-26(24)34)33(31-25)21(8-10-28)18-4-5-18/h6-7,9,11,14,16,18,21,23H,4-5,8,12-13,15H2,1-3H3,(H,29,34)(H,30,31)/t21?,23-/m1/s1. The summed E-state index contributed by atoms with van der Waals surface area (Å²) >= 11 is 0. The number of H-pyrrole nitrogens is 1. The number of aryl methyl sites for hydroxylation is 1. The lowest BCUT2D eigenvalue weighted by Crippen LogP contribution is -2.51. The van der Waals surface area contributed by atoms with Crippen LogP contribution in [-0.4, -0.2) is 51.4 Å². The van der Waals surface area contributed by atoms with Gasteiger partial charge in [-0.15, -0.1) is 0 Å². The first-order chi connectivity index (χ1) is 17.4. The van der Waals surface area contributed by atoms with Crippen LogP contribution in [0.1, 0.15) is 55.1 Å². The number of benzene rings is 1. The Bertz CT molecular complexity index is 1380. The average Bonchev–Trinajstić information content (AvgIpc) is 3.64. The molecule has 2 atom stereocenters. The number of aromatic nitrogens is 3. The number of fused-ring (bicyclic) bond motifs is 1. The number of hydrogen-bond acceptors (Lipinski definition) is 6. The van der Waals surface area contributed by atoms with Crippen LogP contribution in [0.25, 0.3) is 10.9 Å². The second-order valence-electron chi connectivity index (χ2n) is 10.2. The van der Waals surface area contributed by atoms with Crippen molar-refractivity contribution in [3.8, 4) is 6.07 Å². The number of amides is 1. The van der Waals surface area contributed by atoms with Crippen molar-refractivity contribution in [2.24, 2.45) is 11.8 Å². The number of carbonyl (C=O) groups is 1. The monoisotopic (exact) mass is 488 g/mol. The summed E-state index contributed by atoms with van der Waals surface area (Å²) in [5.41, 5.74) is 2.72. The van der Waals surface area contributed by atoms with E-state index in [4.69, 9.17) is 9.84 Å². The van der Waals surface area contributed by atoms with Crippen molar-refractivity contribution in [3.63, 3.8) is 0 Å². The van der Waals surface area contributed by atoms with Crippen molar-refractivity contribution in [3.05, 3.63) is 51.9 Å². The summed E-state index contributed by atoms with van der Waals surface area (Å²) in [4.78, 5) is 30.8.